The van der Waals surface area contributed by atoms with Gasteiger partial charge in [0.25, 0.3) is 0 Å². The van der Waals surface area contributed by atoms with Crippen molar-refractivity contribution >= 4 is 0 Å². The number of hydrogen-bond acceptors (Lipinski definition) is 3. The Balaban J connectivity index is 1.76. The van der Waals surface area contributed by atoms with Gasteiger partial charge in [0.1, 0.15) is 5.75 Å². The molecule has 3 aromatic rings. The normalized spacial score (nSPS) is 15.0. The molecule has 1 saturated heterocycles. The minimum atomic E-state index is 0.530. The Kier molecular flexibility index (Phi) is 6.26. The molecule has 2 heterocycles. The molecule has 0 atom stereocenters. The lowest BCUT2D eigenvalue weighted by atomic mass is 10.0. The molecule has 0 amide bonds. The number of hydrogen-bond donors (Lipinski definition) is 0. The molecule has 1 fully saturated rings. The first kappa shape index (κ1) is 20.7. The van der Waals surface area contributed by atoms with Gasteiger partial charge in [-0.1, -0.05) is 26.0 Å². The molecule has 4 heteroatoms. The molecule has 158 valence electrons. The van der Waals surface area contributed by atoms with E-state index in [2.05, 4.69) is 72.7 Å². The number of ether oxygens (including phenoxy) is 2. The van der Waals surface area contributed by atoms with Crippen LogP contribution in [0.2, 0.25) is 0 Å². The molecule has 4 nitrogen and oxygen atoms in total. The first-order valence-corrected chi connectivity index (χ1v) is 10.8. The molecule has 2 aromatic carbocycles. The van der Waals surface area contributed by atoms with E-state index in [1.165, 1.54) is 33.8 Å². The quantitative estimate of drug-likeness (QED) is 0.549. The van der Waals surface area contributed by atoms with Crippen LogP contribution in [-0.2, 0) is 11.3 Å². The van der Waals surface area contributed by atoms with Gasteiger partial charge in [0, 0.05) is 31.0 Å². The minimum absolute atomic E-state index is 0.530. The SMILES string of the molecule is COc1ccc(-c2cc(CN3CCOCC3)c(C)n2-c2ccc(C(C)C)cc2)cc1. The summed E-state index contributed by atoms with van der Waals surface area (Å²) >= 11 is 0. The summed E-state index contributed by atoms with van der Waals surface area (Å²) in [5.74, 6) is 1.41. The second kappa shape index (κ2) is 9.07. The van der Waals surface area contributed by atoms with Crippen LogP contribution in [0.1, 0.15) is 36.6 Å². The zero-order valence-corrected chi connectivity index (χ0v) is 18.5. The van der Waals surface area contributed by atoms with E-state index in [4.69, 9.17) is 9.47 Å². The Bertz CT molecular complexity index is 966. The van der Waals surface area contributed by atoms with Crippen molar-refractivity contribution in [3.05, 3.63) is 71.4 Å². The van der Waals surface area contributed by atoms with Gasteiger partial charge < -0.3 is 14.0 Å². The lowest BCUT2D eigenvalue weighted by Gasteiger charge is -2.26. The topological polar surface area (TPSA) is 26.6 Å². The number of aromatic nitrogens is 1. The van der Waals surface area contributed by atoms with Gasteiger partial charge in [0.15, 0.2) is 0 Å². The van der Waals surface area contributed by atoms with Crippen LogP contribution in [-0.4, -0.2) is 42.9 Å². The fraction of sp³-hybridized carbons (Fsp3) is 0.385. The summed E-state index contributed by atoms with van der Waals surface area (Å²) in [6, 6.07) is 19.7. The molecule has 0 unspecified atom stereocenters. The molecular weight excluding hydrogens is 372 g/mol. The summed E-state index contributed by atoms with van der Waals surface area (Å²) in [5.41, 5.74) is 7.65. The summed E-state index contributed by atoms with van der Waals surface area (Å²) in [6.45, 7) is 11.3. The summed E-state index contributed by atoms with van der Waals surface area (Å²) in [7, 11) is 1.71. The second-order valence-electron chi connectivity index (χ2n) is 8.34. The van der Waals surface area contributed by atoms with E-state index in [1.54, 1.807) is 7.11 Å². The van der Waals surface area contributed by atoms with Crippen LogP contribution in [0.25, 0.3) is 16.9 Å². The monoisotopic (exact) mass is 404 g/mol. The maximum Gasteiger partial charge on any atom is 0.118 e. The van der Waals surface area contributed by atoms with E-state index in [9.17, 15) is 0 Å². The van der Waals surface area contributed by atoms with E-state index < -0.39 is 0 Å². The van der Waals surface area contributed by atoms with E-state index >= 15 is 0 Å². The van der Waals surface area contributed by atoms with Crippen LogP contribution < -0.4 is 4.74 Å². The average molecular weight is 405 g/mol. The molecular formula is C26H32N2O2. The first-order valence-electron chi connectivity index (χ1n) is 10.8. The van der Waals surface area contributed by atoms with E-state index in [1.807, 2.05) is 12.1 Å². The van der Waals surface area contributed by atoms with Crippen LogP contribution in [0.15, 0.2) is 54.6 Å². The second-order valence-corrected chi connectivity index (χ2v) is 8.34. The zero-order valence-electron chi connectivity index (χ0n) is 18.5. The summed E-state index contributed by atoms with van der Waals surface area (Å²) in [6.07, 6.45) is 0. The molecule has 1 aromatic heterocycles. The van der Waals surface area contributed by atoms with Crippen LogP contribution in [0.5, 0.6) is 5.75 Å². The highest BCUT2D eigenvalue weighted by molar-refractivity contribution is 5.66. The third-order valence-electron chi connectivity index (χ3n) is 6.05. The molecule has 0 aliphatic carbocycles. The number of rotatable bonds is 6. The highest BCUT2D eigenvalue weighted by Gasteiger charge is 2.18. The Morgan fingerprint density at radius 3 is 2.23 bits per heavy atom. The lowest BCUT2D eigenvalue weighted by molar-refractivity contribution is 0.0341. The molecule has 1 aliphatic heterocycles. The Labute approximate surface area is 180 Å². The number of benzene rings is 2. The predicted molar refractivity (Wildman–Crippen MR) is 123 cm³/mol. The van der Waals surface area contributed by atoms with Crippen molar-refractivity contribution in [1.29, 1.82) is 0 Å². The molecule has 30 heavy (non-hydrogen) atoms. The zero-order chi connectivity index (χ0) is 21.1. The van der Waals surface area contributed by atoms with Crippen LogP contribution in [0.3, 0.4) is 0 Å². The minimum Gasteiger partial charge on any atom is -0.497 e. The Morgan fingerprint density at radius 2 is 1.63 bits per heavy atom. The third kappa shape index (κ3) is 4.30. The number of nitrogens with zero attached hydrogens (tertiary/aromatic N) is 2. The summed E-state index contributed by atoms with van der Waals surface area (Å²) in [4.78, 5) is 2.48. The van der Waals surface area contributed by atoms with Gasteiger partial charge in [-0.05, 0) is 72.0 Å². The molecule has 4 rings (SSSR count). The van der Waals surface area contributed by atoms with Gasteiger partial charge >= 0.3 is 0 Å². The van der Waals surface area contributed by atoms with Crippen LogP contribution >= 0.6 is 0 Å². The van der Waals surface area contributed by atoms with Crippen molar-refractivity contribution in [2.45, 2.75) is 33.2 Å². The van der Waals surface area contributed by atoms with E-state index in [-0.39, 0.29) is 0 Å². The first-order chi connectivity index (χ1) is 14.6. The summed E-state index contributed by atoms with van der Waals surface area (Å²) in [5, 5.41) is 0. The lowest BCUT2D eigenvalue weighted by Crippen LogP contribution is -2.35. The van der Waals surface area contributed by atoms with Crippen molar-refractivity contribution in [1.82, 2.24) is 9.47 Å². The van der Waals surface area contributed by atoms with Crippen LogP contribution in [0.4, 0.5) is 0 Å². The van der Waals surface area contributed by atoms with Crippen LogP contribution in [0, 0.1) is 6.92 Å². The smallest absolute Gasteiger partial charge is 0.118 e. The molecule has 1 aliphatic rings. The Hall–Kier alpha value is -2.56. The van der Waals surface area contributed by atoms with Gasteiger partial charge in [0.2, 0.25) is 0 Å². The highest BCUT2D eigenvalue weighted by Crippen LogP contribution is 2.32. The van der Waals surface area contributed by atoms with Crippen molar-refractivity contribution in [2.24, 2.45) is 0 Å². The predicted octanol–water partition coefficient (Wildman–Crippen LogP) is 5.42. The Morgan fingerprint density at radius 1 is 0.967 bits per heavy atom. The molecule has 0 saturated carbocycles. The third-order valence-corrected chi connectivity index (χ3v) is 6.05. The summed E-state index contributed by atoms with van der Waals surface area (Å²) < 4.78 is 13.3. The molecule has 0 spiro atoms. The largest absolute Gasteiger partial charge is 0.497 e. The standard InChI is InChI=1S/C26H32N2O2/c1-19(2)21-5-9-24(10-6-21)28-20(3)23(18-27-13-15-30-16-14-27)17-26(28)22-7-11-25(29-4)12-8-22/h5-12,17,19H,13-16,18H2,1-4H3. The van der Waals surface area contributed by atoms with Gasteiger partial charge in [-0.15, -0.1) is 0 Å². The van der Waals surface area contributed by atoms with Crippen molar-refractivity contribution in [3.63, 3.8) is 0 Å². The van der Waals surface area contributed by atoms with Gasteiger partial charge in [0.05, 0.1) is 26.0 Å². The fourth-order valence-corrected chi connectivity index (χ4v) is 4.13. The van der Waals surface area contributed by atoms with Crippen molar-refractivity contribution < 1.29 is 9.47 Å². The van der Waals surface area contributed by atoms with Crippen molar-refractivity contribution in [3.8, 4) is 22.7 Å². The molecule has 0 radical (unpaired) electrons. The highest BCUT2D eigenvalue weighted by atomic mass is 16.5. The van der Waals surface area contributed by atoms with E-state index in [0.29, 0.717) is 5.92 Å². The van der Waals surface area contributed by atoms with E-state index in [0.717, 1.165) is 38.6 Å². The van der Waals surface area contributed by atoms with Crippen molar-refractivity contribution in [2.75, 3.05) is 33.4 Å². The number of methoxy groups -OCH3 is 1. The average Bonchev–Trinajstić information content (AvgIpc) is 3.10. The van der Waals surface area contributed by atoms with Gasteiger partial charge in [-0.3, -0.25) is 4.90 Å². The maximum absolute atomic E-state index is 5.53. The number of morpholine rings is 1. The molecule has 0 bridgehead atoms. The molecule has 0 N–H and O–H groups in total. The fourth-order valence-electron chi connectivity index (χ4n) is 4.13. The van der Waals surface area contributed by atoms with Gasteiger partial charge in [-0.25, -0.2) is 0 Å². The maximum atomic E-state index is 5.53. The van der Waals surface area contributed by atoms with Gasteiger partial charge in [-0.2, -0.15) is 0 Å².